The van der Waals surface area contributed by atoms with Crippen LogP contribution in [0.2, 0.25) is 0 Å². The van der Waals surface area contributed by atoms with Gasteiger partial charge in [0.2, 0.25) is 11.7 Å². The molecule has 1 rings (SSSR count). The zero-order chi connectivity index (χ0) is 13.7. The van der Waals surface area contributed by atoms with Gasteiger partial charge in [-0.25, -0.2) is 4.79 Å². The smallest absolute Gasteiger partial charge is 0.374 e. The molecule has 8 nitrogen and oxygen atoms in total. The summed E-state index contributed by atoms with van der Waals surface area (Å²) < 4.78 is 4.43. The topological polar surface area (TPSA) is 122 Å². The first kappa shape index (κ1) is 13.7. The number of carbonyl (C=O) groups excluding carboxylic acids is 2. The van der Waals surface area contributed by atoms with E-state index < -0.39 is 23.7 Å². The first-order chi connectivity index (χ1) is 8.45. The maximum absolute atomic E-state index is 11.6. The van der Waals surface area contributed by atoms with Crippen molar-refractivity contribution >= 4 is 17.8 Å². The van der Waals surface area contributed by atoms with Gasteiger partial charge in [-0.2, -0.15) is 0 Å². The van der Waals surface area contributed by atoms with E-state index in [0.29, 0.717) is 6.54 Å². The van der Waals surface area contributed by atoms with Gasteiger partial charge in [-0.3, -0.25) is 9.59 Å². The molecule has 18 heavy (non-hydrogen) atoms. The molecule has 1 aromatic heterocycles. The van der Waals surface area contributed by atoms with Crippen LogP contribution in [-0.4, -0.2) is 40.6 Å². The average Bonchev–Trinajstić information content (AvgIpc) is 2.78. The molecule has 0 fully saturated rings. The van der Waals surface area contributed by atoms with Gasteiger partial charge in [-0.15, -0.1) is 0 Å². The van der Waals surface area contributed by atoms with Crippen molar-refractivity contribution in [1.29, 1.82) is 0 Å². The average molecular weight is 255 g/mol. The van der Waals surface area contributed by atoms with Crippen LogP contribution in [0.25, 0.3) is 0 Å². The third kappa shape index (κ3) is 3.30. The standard InChI is InChI=1S/C10H13N3O5/c1-3-11-8(14)5(2)12-9(15)6-4-7(10(16)17)18-13-6/h4-5H,3H2,1-2H3,(H,11,14)(H,12,15)(H,16,17). The lowest BCUT2D eigenvalue weighted by Crippen LogP contribution is -2.44. The predicted molar refractivity (Wildman–Crippen MR) is 59.1 cm³/mol. The minimum atomic E-state index is -1.32. The van der Waals surface area contributed by atoms with Gasteiger partial charge in [0.05, 0.1) is 0 Å². The van der Waals surface area contributed by atoms with Gasteiger partial charge in [0.15, 0.2) is 5.69 Å². The quantitative estimate of drug-likeness (QED) is 0.659. The molecule has 0 aromatic carbocycles. The molecule has 0 aliphatic rings. The molecular formula is C10H13N3O5. The number of nitrogens with zero attached hydrogens (tertiary/aromatic N) is 1. The molecule has 98 valence electrons. The second-order valence-corrected chi connectivity index (χ2v) is 3.47. The lowest BCUT2D eigenvalue weighted by molar-refractivity contribution is -0.122. The molecule has 0 bridgehead atoms. The highest BCUT2D eigenvalue weighted by atomic mass is 16.5. The van der Waals surface area contributed by atoms with Crippen molar-refractivity contribution in [3.05, 3.63) is 17.5 Å². The molecule has 0 aliphatic carbocycles. The van der Waals surface area contributed by atoms with Crippen LogP contribution in [0, 0.1) is 0 Å². The lowest BCUT2D eigenvalue weighted by atomic mass is 10.3. The molecule has 0 saturated carbocycles. The number of hydrogen-bond donors (Lipinski definition) is 3. The van der Waals surface area contributed by atoms with Crippen molar-refractivity contribution in [2.75, 3.05) is 6.54 Å². The van der Waals surface area contributed by atoms with E-state index in [1.165, 1.54) is 6.92 Å². The molecular weight excluding hydrogens is 242 g/mol. The summed E-state index contributed by atoms with van der Waals surface area (Å²) in [5.74, 6) is -2.78. The van der Waals surface area contributed by atoms with Gasteiger partial charge in [0, 0.05) is 12.6 Å². The highest BCUT2D eigenvalue weighted by molar-refractivity contribution is 5.97. The highest BCUT2D eigenvalue weighted by Gasteiger charge is 2.20. The fourth-order valence-electron chi connectivity index (χ4n) is 1.15. The summed E-state index contributed by atoms with van der Waals surface area (Å²) in [7, 11) is 0. The van der Waals surface area contributed by atoms with E-state index in [1.807, 2.05) is 0 Å². The molecule has 2 amide bonds. The largest absolute Gasteiger partial charge is 0.475 e. The van der Waals surface area contributed by atoms with Gasteiger partial charge < -0.3 is 20.3 Å². The molecule has 1 unspecified atom stereocenters. The van der Waals surface area contributed by atoms with Crippen molar-refractivity contribution < 1.29 is 24.0 Å². The van der Waals surface area contributed by atoms with Crippen LogP contribution in [0.15, 0.2) is 10.6 Å². The number of carbonyl (C=O) groups is 3. The first-order valence-electron chi connectivity index (χ1n) is 5.24. The molecule has 0 spiro atoms. The van der Waals surface area contributed by atoms with Crippen LogP contribution in [0.3, 0.4) is 0 Å². The summed E-state index contributed by atoms with van der Waals surface area (Å²) in [5.41, 5.74) is -0.191. The Balaban J connectivity index is 2.64. The zero-order valence-corrected chi connectivity index (χ0v) is 9.89. The minimum Gasteiger partial charge on any atom is -0.475 e. The fourth-order valence-corrected chi connectivity index (χ4v) is 1.15. The molecule has 3 N–H and O–H groups in total. The maximum Gasteiger partial charge on any atom is 0.374 e. The summed E-state index contributed by atoms with van der Waals surface area (Å²) in [4.78, 5) is 33.5. The van der Waals surface area contributed by atoms with Gasteiger partial charge in [0.1, 0.15) is 6.04 Å². The van der Waals surface area contributed by atoms with Crippen LogP contribution in [0.5, 0.6) is 0 Å². The summed E-state index contributed by atoms with van der Waals surface area (Å²) in [6, 6.07) is 0.240. The number of aromatic nitrogens is 1. The number of amides is 2. The van der Waals surface area contributed by atoms with Crippen LogP contribution < -0.4 is 10.6 Å². The second kappa shape index (κ2) is 5.80. The summed E-state index contributed by atoms with van der Waals surface area (Å²) in [6.07, 6.45) is 0. The van der Waals surface area contributed by atoms with Crippen molar-refractivity contribution in [1.82, 2.24) is 15.8 Å². The monoisotopic (exact) mass is 255 g/mol. The van der Waals surface area contributed by atoms with Crippen LogP contribution in [0.1, 0.15) is 34.9 Å². The molecule has 1 aromatic rings. The van der Waals surface area contributed by atoms with E-state index in [9.17, 15) is 14.4 Å². The van der Waals surface area contributed by atoms with E-state index in [4.69, 9.17) is 5.11 Å². The summed E-state index contributed by atoms with van der Waals surface area (Å²) in [6.45, 7) is 3.70. The Labute approximate surface area is 102 Å². The molecule has 0 aliphatic heterocycles. The Hall–Kier alpha value is -2.38. The number of rotatable bonds is 5. The lowest BCUT2D eigenvalue weighted by Gasteiger charge is -2.11. The van der Waals surface area contributed by atoms with Crippen molar-refractivity contribution in [3.8, 4) is 0 Å². The number of likely N-dealkylation sites (N-methyl/N-ethyl adjacent to an activating group) is 1. The van der Waals surface area contributed by atoms with Crippen LogP contribution >= 0.6 is 0 Å². The van der Waals surface area contributed by atoms with E-state index in [2.05, 4.69) is 20.3 Å². The Morgan fingerprint density at radius 3 is 2.67 bits per heavy atom. The van der Waals surface area contributed by atoms with Gasteiger partial charge in [-0.05, 0) is 13.8 Å². The highest BCUT2D eigenvalue weighted by Crippen LogP contribution is 2.03. The van der Waals surface area contributed by atoms with Crippen molar-refractivity contribution in [3.63, 3.8) is 0 Å². The van der Waals surface area contributed by atoms with E-state index in [-0.39, 0.29) is 11.6 Å². The zero-order valence-electron chi connectivity index (χ0n) is 9.89. The SMILES string of the molecule is CCNC(=O)C(C)NC(=O)c1cc(C(=O)O)on1. The van der Waals surface area contributed by atoms with Crippen LogP contribution in [-0.2, 0) is 4.79 Å². The molecule has 0 saturated heterocycles. The molecule has 8 heteroatoms. The molecule has 0 radical (unpaired) electrons. The third-order valence-electron chi connectivity index (χ3n) is 2.05. The van der Waals surface area contributed by atoms with Gasteiger partial charge in [0.25, 0.3) is 5.91 Å². The summed E-state index contributed by atoms with van der Waals surface area (Å²) >= 11 is 0. The number of hydrogen-bond acceptors (Lipinski definition) is 5. The van der Waals surface area contributed by atoms with Crippen LogP contribution in [0.4, 0.5) is 0 Å². The number of aromatic carboxylic acids is 1. The van der Waals surface area contributed by atoms with Crippen molar-refractivity contribution in [2.45, 2.75) is 19.9 Å². The third-order valence-corrected chi connectivity index (χ3v) is 2.05. The minimum absolute atomic E-state index is 0.191. The second-order valence-electron chi connectivity index (χ2n) is 3.47. The summed E-state index contributed by atoms with van der Waals surface area (Å²) in [5, 5.41) is 16.8. The fraction of sp³-hybridized carbons (Fsp3) is 0.400. The predicted octanol–water partition coefficient (Wildman–Crippen LogP) is -0.373. The maximum atomic E-state index is 11.6. The Morgan fingerprint density at radius 1 is 1.50 bits per heavy atom. The van der Waals surface area contributed by atoms with Gasteiger partial charge in [-0.1, -0.05) is 5.16 Å². The van der Waals surface area contributed by atoms with E-state index >= 15 is 0 Å². The van der Waals surface area contributed by atoms with Gasteiger partial charge >= 0.3 is 5.97 Å². The number of nitrogens with one attached hydrogen (secondary N) is 2. The Morgan fingerprint density at radius 2 is 2.17 bits per heavy atom. The normalized spacial score (nSPS) is 11.7. The van der Waals surface area contributed by atoms with E-state index in [1.54, 1.807) is 6.92 Å². The molecule has 1 atom stereocenters. The number of carboxylic acid groups (broad SMARTS) is 1. The van der Waals surface area contributed by atoms with Crippen molar-refractivity contribution in [2.24, 2.45) is 0 Å². The molecule has 1 heterocycles. The first-order valence-corrected chi connectivity index (χ1v) is 5.24. The Kier molecular flexibility index (Phi) is 4.41. The Bertz CT molecular complexity index is 468. The van der Waals surface area contributed by atoms with E-state index in [0.717, 1.165) is 6.07 Å². The number of carboxylic acids is 1.